The molecule has 1 heterocycles. The second-order valence-corrected chi connectivity index (χ2v) is 8.78. The lowest BCUT2D eigenvalue weighted by atomic mass is 10.1. The standard InChI is InChI=1S/C27H25FN2O5S/c1-4-35-26(32)18-10-11-23-22(13-18)29-27(30(23)15-17-6-5-7-21(28)12-17)36-16-20-9-8-19(25(31)34-3)14-24(20)33-2/h5-14H,4,15-16H2,1-3H3. The summed E-state index contributed by atoms with van der Waals surface area (Å²) >= 11 is 1.47. The van der Waals surface area contributed by atoms with Gasteiger partial charge in [-0.3, -0.25) is 0 Å². The predicted octanol–water partition coefficient (Wildman–Crippen LogP) is 5.49. The minimum absolute atomic E-state index is 0.280. The summed E-state index contributed by atoms with van der Waals surface area (Å²) in [7, 11) is 2.87. The molecule has 36 heavy (non-hydrogen) atoms. The first-order chi connectivity index (χ1) is 17.4. The summed E-state index contributed by atoms with van der Waals surface area (Å²) in [6.45, 7) is 2.43. The number of fused-ring (bicyclic) bond motifs is 1. The molecule has 4 aromatic rings. The molecule has 0 N–H and O–H groups in total. The van der Waals surface area contributed by atoms with Crippen molar-refractivity contribution in [1.29, 1.82) is 0 Å². The zero-order chi connectivity index (χ0) is 25.7. The Bertz CT molecular complexity index is 1420. The maximum atomic E-state index is 13.9. The first-order valence-electron chi connectivity index (χ1n) is 11.2. The van der Waals surface area contributed by atoms with Crippen LogP contribution in [0.1, 0.15) is 38.8 Å². The van der Waals surface area contributed by atoms with Gasteiger partial charge < -0.3 is 18.8 Å². The quantitative estimate of drug-likeness (QED) is 0.219. The Hall–Kier alpha value is -3.85. The Kier molecular flexibility index (Phi) is 7.90. The van der Waals surface area contributed by atoms with Crippen molar-refractivity contribution in [3.8, 4) is 5.75 Å². The van der Waals surface area contributed by atoms with Crippen LogP contribution in [0.3, 0.4) is 0 Å². The highest BCUT2D eigenvalue weighted by molar-refractivity contribution is 7.98. The molecule has 0 amide bonds. The van der Waals surface area contributed by atoms with Gasteiger partial charge in [-0.15, -0.1) is 0 Å². The van der Waals surface area contributed by atoms with E-state index in [1.807, 2.05) is 22.8 Å². The number of carbonyl (C=O) groups is 2. The third-order valence-corrected chi connectivity index (χ3v) is 6.54. The number of methoxy groups -OCH3 is 2. The van der Waals surface area contributed by atoms with Crippen LogP contribution >= 0.6 is 11.8 Å². The van der Waals surface area contributed by atoms with Crippen molar-refractivity contribution < 1.29 is 28.2 Å². The topological polar surface area (TPSA) is 79.7 Å². The van der Waals surface area contributed by atoms with Crippen LogP contribution < -0.4 is 4.74 Å². The Morgan fingerprint density at radius 3 is 2.50 bits per heavy atom. The maximum absolute atomic E-state index is 13.9. The van der Waals surface area contributed by atoms with Crippen LogP contribution in [0.2, 0.25) is 0 Å². The van der Waals surface area contributed by atoms with Crippen LogP contribution in [0.4, 0.5) is 4.39 Å². The predicted molar refractivity (Wildman–Crippen MR) is 135 cm³/mol. The van der Waals surface area contributed by atoms with Gasteiger partial charge in [0.25, 0.3) is 0 Å². The van der Waals surface area contributed by atoms with Gasteiger partial charge in [0.15, 0.2) is 5.16 Å². The van der Waals surface area contributed by atoms with E-state index in [1.165, 1.54) is 31.0 Å². The van der Waals surface area contributed by atoms with Crippen molar-refractivity contribution >= 4 is 34.7 Å². The number of halogens is 1. The number of hydrogen-bond acceptors (Lipinski definition) is 7. The molecule has 0 fully saturated rings. The van der Waals surface area contributed by atoms with Crippen LogP contribution in [0.25, 0.3) is 11.0 Å². The molecular formula is C27H25FN2O5S. The molecule has 0 unspecified atom stereocenters. The lowest BCUT2D eigenvalue weighted by Crippen LogP contribution is -2.05. The van der Waals surface area contributed by atoms with Gasteiger partial charge in [-0.05, 0) is 55.0 Å². The minimum Gasteiger partial charge on any atom is -0.496 e. The molecule has 9 heteroatoms. The van der Waals surface area contributed by atoms with Crippen molar-refractivity contribution in [3.05, 3.63) is 88.7 Å². The van der Waals surface area contributed by atoms with Gasteiger partial charge in [0.1, 0.15) is 11.6 Å². The number of hydrogen-bond donors (Lipinski definition) is 0. The number of esters is 2. The molecule has 1 aromatic heterocycles. The summed E-state index contributed by atoms with van der Waals surface area (Å²) in [4.78, 5) is 28.9. The van der Waals surface area contributed by atoms with E-state index in [0.29, 0.717) is 39.8 Å². The monoisotopic (exact) mass is 508 g/mol. The lowest BCUT2D eigenvalue weighted by Gasteiger charge is -2.12. The summed E-state index contributed by atoms with van der Waals surface area (Å²) in [6.07, 6.45) is 0. The number of ether oxygens (including phenoxy) is 3. The Labute approximate surface area is 212 Å². The van der Waals surface area contributed by atoms with Crippen LogP contribution in [0, 0.1) is 5.82 Å². The van der Waals surface area contributed by atoms with Crippen molar-refractivity contribution in [3.63, 3.8) is 0 Å². The molecule has 0 spiro atoms. The van der Waals surface area contributed by atoms with Crippen molar-refractivity contribution in [2.45, 2.75) is 24.4 Å². The van der Waals surface area contributed by atoms with E-state index < -0.39 is 11.9 Å². The van der Waals surface area contributed by atoms with Gasteiger partial charge in [0.05, 0.1) is 49.5 Å². The van der Waals surface area contributed by atoms with E-state index in [-0.39, 0.29) is 12.4 Å². The van der Waals surface area contributed by atoms with E-state index in [9.17, 15) is 14.0 Å². The minimum atomic E-state index is -0.443. The average Bonchev–Trinajstić information content (AvgIpc) is 3.23. The van der Waals surface area contributed by atoms with Crippen molar-refractivity contribution in [2.24, 2.45) is 0 Å². The molecule has 186 valence electrons. The molecule has 0 aliphatic carbocycles. The van der Waals surface area contributed by atoms with Crippen LogP contribution in [0.15, 0.2) is 65.8 Å². The third-order valence-electron chi connectivity index (χ3n) is 5.52. The van der Waals surface area contributed by atoms with Crippen molar-refractivity contribution in [1.82, 2.24) is 9.55 Å². The number of carbonyl (C=O) groups excluding carboxylic acids is 2. The van der Waals surface area contributed by atoms with E-state index in [1.54, 1.807) is 44.4 Å². The second-order valence-electron chi connectivity index (χ2n) is 7.84. The third kappa shape index (κ3) is 5.52. The number of nitrogens with zero attached hydrogens (tertiary/aromatic N) is 2. The number of aromatic nitrogens is 2. The van der Waals surface area contributed by atoms with Gasteiger partial charge in [-0.25, -0.2) is 19.0 Å². The number of benzene rings is 3. The zero-order valence-electron chi connectivity index (χ0n) is 20.1. The maximum Gasteiger partial charge on any atom is 0.338 e. The molecular weight excluding hydrogens is 483 g/mol. The molecule has 0 radical (unpaired) electrons. The highest BCUT2D eigenvalue weighted by Crippen LogP contribution is 2.32. The van der Waals surface area contributed by atoms with E-state index in [0.717, 1.165) is 16.6 Å². The van der Waals surface area contributed by atoms with Crippen LogP contribution in [-0.2, 0) is 21.8 Å². The fraction of sp³-hybridized carbons (Fsp3) is 0.222. The molecule has 0 atom stereocenters. The van der Waals surface area contributed by atoms with E-state index in [2.05, 4.69) is 0 Å². The van der Waals surface area contributed by atoms with Gasteiger partial charge >= 0.3 is 11.9 Å². The summed E-state index contributed by atoms with van der Waals surface area (Å²) in [5.41, 5.74) is 3.90. The fourth-order valence-corrected chi connectivity index (χ4v) is 4.79. The fourth-order valence-electron chi connectivity index (χ4n) is 3.78. The molecule has 4 rings (SSSR count). The second kappa shape index (κ2) is 11.3. The number of imidazole rings is 1. The van der Waals surface area contributed by atoms with Crippen LogP contribution in [0.5, 0.6) is 5.75 Å². The average molecular weight is 509 g/mol. The summed E-state index contributed by atoms with van der Waals surface area (Å²) in [6, 6.07) is 16.8. The highest BCUT2D eigenvalue weighted by Gasteiger charge is 2.17. The van der Waals surface area contributed by atoms with E-state index >= 15 is 0 Å². The summed E-state index contributed by atoms with van der Waals surface area (Å²) in [5.74, 6) is -0.110. The Morgan fingerprint density at radius 2 is 1.78 bits per heavy atom. The molecule has 7 nitrogen and oxygen atoms in total. The van der Waals surface area contributed by atoms with Gasteiger partial charge in [0.2, 0.25) is 0 Å². The first-order valence-corrected chi connectivity index (χ1v) is 12.2. The Balaban J connectivity index is 1.69. The molecule has 0 aliphatic heterocycles. The summed E-state index contributed by atoms with van der Waals surface area (Å²) in [5, 5.41) is 0.689. The smallest absolute Gasteiger partial charge is 0.338 e. The first kappa shape index (κ1) is 25.2. The zero-order valence-corrected chi connectivity index (χ0v) is 20.9. The van der Waals surface area contributed by atoms with Gasteiger partial charge in [0, 0.05) is 11.3 Å². The molecule has 0 saturated carbocycles. The van der Waals surface area contributed by atoms with Gasteiger partial charge in [-0.1, -0.05) is 30.0 Å². The normalized spacial score (nSPS) is 10.9. The molecule has 0 aliphatic rings. The van der Waals surface area contributed by atoms with Gasteiger partial charge in [-0.2, -0.15) is 0 Å². The lowest BCUT2D eigenvalue weighted by molar-refractivity contribution is 0.0525. The molecule has 0 saturated heterocycles. The van der Waals surface area contributed by atoms with Crippen molar-refractivity contribution in [2.75, 3.05) is 20.8 Å². The van der Waals surface area contributed by atoms with E-state index in [4.69, 9.17) is 19.2 Å². The SMILES string of the molecule is CCOC(=O)c1ccc2c(c1)nc(SCc1ccc(C(=O)OC)cc1OC)n2Cc1cccc(F)c1. The molecule has 0 bridgehead atoms. The van der Waals surface area contributed by atoms with Crippen LogP contribution in [-0.4, -0.2) is 42.3 Å². The number of thioether (sulfide) groups is 1. The largest absolute Gasteiger partial charge is 0.496 e. The number of rotatable bonds is 9. The summed E-state index contributed by atoms with van der Waals surface area (Å²) < 4.78 is 31.2. The molecule has 3 aromatic carbocycles. The Morgan fingerprint density at radius 1 is 1.00 bits per heavy atom. The highest BCUT2D eigenvalue weighted by atomic mass is 32.2.